The summed E-state index contributed by atoms with van der Waals surface area (Å²) in [6, 6.07) is 9.41. The second-order valence-electron chi connectivity index (χ2n) is 5.10. The molecule has 1 heterocycles. The molecule has 0 aliphatic heterocycles. The molecular formula is C13H17N5O2. The SMILES string of the molecule is CC(C)(CO)NC(=O)Cn1nnc(-c2ccccc2)n1. The molecule has 2 aromatic rings. The van der Waals surface area contributed by atoms with Gasteiger partial charge in [-0.3, -0.25) is 4.79 Å². The van der Waals surface area contributed by atoms with Crippen LogP contribution in [0.4, 0.5) is 0 Å². The number of hydrogen-bond donors (Lipinski definition) is 2. The molecule has 2 N–H and O–H groups in total. The third-order valence-electron chi connectivity index (χ3n) is 2.64. The number of carbonyl (C=O) groups excluding carboxylic acids is 1. The van der Waals surface area contributed by atoms with Gasteiger partial charge in [-0.25, -0.2) is 0 Å². The molecule has 0 saturated carbocycles. The van der Waals surface area contributed by atoms with Gasteiger partial charge in [0.25, 0.3) is 0 Å². The highest BCUT2D eigenvalue weighted by atomic mass is 16.3. The number of nitrogens with zero attached hydrogens (tertiary/aromatic N) is 4. The summed E-state index contributed by atoms with van der Waals surface area (Å²) in [5, 5.41) is 23.7. The van der Waals surface area contributed by atoms with Gasteiger partial charge in [0, 0.05) is 5.56 Å². The van der Waals surface area contributed by atoms with Crippen LogP contribution < -0.4 is 5.32 Å². The van der Waals surface area contributed by atoms with Crippen LogP contribution in [-0.4, -0.2) is 43.4 Å². The lowest BCUT2D eigenvalue weighted by Gasteiger charge is -2.22. The molecule has 0 spiro atoms. The Morgan fingerprint density at radius 2 is 2.05 bits per heavy atom. The summed E-state index contributed by atoms with van der Waals surface area (Å²) < 4.78 is 0. The Kier molecular flexibility index (Phi) is 4.09. The summed E-state index contributed by atoms with van der Waals surface area (Å²) in [6.07, 6.45) is 0. The highest BCUT2D eigenvalue weighted by molar-refractivity contribution is 5.76. The molecule has 0 saturated heterocycles. The molecular weight excluding hydrogens is 258 g/mol. The zero-order valence-electron chi connectivity index (χ0n) is 11.4. The molecule has 0 fully saturated rings. The number of carbonyl (C=O) groups is 1. The molecule has 0 radical (unpaired) electrons. The molecule has 7 heteroatoms. The number of benzene rings is 1. The lowest BCUT2D eigenvalue weighted by atomic mass is 10.1. The molecule has 2 rings (SSSR count). The van der Waals surface area contributed by atoms with Crippen LogP contribution in [0.1, 0.15) is 13.8 Å². The standard InChI is InChI=1S/C13H17N5O2/c1-13(2,9-19)14-11(20)8-18-16-12(15-17-18)10-6-4-3-5-7-10/h3-7,19H,8-9H2,1-2H3,(H,14,20). The van der Waals surface area contributed by atoms with Crippen molar-refractivity contribution in [2.75, 3.05) is 6.61 Å². The fraction of sp³-hybridized carbons (Fsp3) is 0.385. The van der Waals surface area contributed by atoms with Crippen LogP contribution in [0.25, 0.3) is 11.4 Å². The Morgan fingerprint density at radius 3 is 2.70 bits per heavy atom. The van der Waals surface area contributed by atoms with Crippen molar-refractivity contribution in [1.82, 2.24) is 25.5 Å². The summed E-state index contributed by atoms with van der Waals surface area (Å²) in [4.78, 5) is 13.0. The van der Waals surface area contributed by atoms with E-state index in [0.717, 1.165) is 5.56 Å². The molecule has 106 valence electrons. The van der Waals surface area contributed by atoms with Crippen molar-refractivity contribution in [3.05, 3.63) is 30.3 Å². The van der Waals surface area contributed by atoms with E-state index in [4.69, 9.17) is 5.11 Å². The lowest BCUT2D eigenvalue weighted by Crippen LogP contribution is -2.47. The van der Waals surface area contributed by atoms with Gasteiger partial charge in [0.2, 0.25) is 11.7 Å². The zero-order valence-corrected chi connectivity index (χ0v) is 11.4. The van der Waals surface area contributed by atoms with Gasteiger partial charge in [0.15, 0.2) is 0 Å². The van der Waals surface area contributed by atoms with Gasteiger partial charge in [0.1, 0.15) is 6.54 Å². The predicted octanol–water partition coefficient (Wildman–Crippen LogP) is 0.227. The fourth-order valence-electron chi connectivity index (χ4n) is 1.60. The number of hydrogen-bond acceptors (Lipinski definition) is 5. The third kappa shape index (κ3) is 3.61. The first-order chi connectivity index (χ1) is 9.50. The van der Waals surface area contributed by atoms with E-state index in [2.05, 4.69) is 20.7 Å². The van der Waals surface area contributed by atoms with Crippen LogP contribution in [0, 0.1) is 0 Å². The Hall–Kier alpha value is -2.28. The van der Waals surface area contributed by atoms with Crippen LogP contribution in [0.3, 0.4) is 0 Å². The van der Waals surface area contributed by atoms with Crippen molar-refractivity contribution in [1.29, 1.82) is 0 Å². The van der Waals surface area contributed by atoms with Crippen molar-refractivity contribution in [2.24, 2.45) is 0 Å². The van der Waals surface area contributed by atoms with Gasteiger partial charge in [-0.1, -0.05) is 30.3 Å². The average molecular weight is 275 g/mol. The molecule has 0 unspecified atom stereocenters. The van der Waals surface area contributed by atoms with Gasteiger partial charge in [-0.05, 0) is 19.1 Å². The number of aliphatic hydroxyl groups excluding tert-OH is 1. The minimum absolute atomic E-state index is 0.0384. The molecule has 0 aliphatic carbocycles. The first-order valence-corrected chi connectivity index (χ1v) is 6.25. The van der Waals surface area contributed by atoms with E-state index in [1.807, 2.05) is 30.3 Å². The van der Waals surface area contributed by atoms with Crippen molar-refractivity contribution >= 4 is 5.91 Å². The first-order valence-electron chi connectivity index (χ1n) is 6.25. The Labute approximate surface area is 116 Å². The van der Waals surface area contributed by atoms with Crippen molar-refractivity contribution in [3.63, 3.8) is 0 Å². The number of rotatable bonds is 5. The van der Waals surface area contributed by atoms with E-state index < -0.39 is 5.54 Å². The van der Waals surface area contributed by atoms with Crippen molar-refractivity contribution in [3.8, 4) is 11.4 Å². The van der Waals surface area contributed by atoms with Gasteiger partial charge in [0.05, 0.1) is 12.1 Å². The number of amides is 1. The third-order valence-corrected chi connectivity index (χ3v) is 2.64. The molecule has 1 aromatic carbocycles. The summed E-state index contributed by atoms with van der Waals surface area (Å²) in [5.74, 6) is 0.195. The maximum Gasteiger partial charge on any atom is 0.244 e. The molecule has 0 bridgehead atoms. The quantitative estimate of drug-likeness (QED) is 0.814. The summed E-state index contributed by atoms with van der Waals surface area (Å²) in [6.45, 7) is 3.28. The molecule has 1 aromatic heterocycles. The maximum absolute atomic E-state index is 11.8. The number of aromatic nitrogens is 4. The zero-order chi connectivity index (χ0) is 14.6. The number of aliphatic hydroxyl groups is 1. The number of nitrogens with one attached hydrogen (secondary N) is 1. The second kappa shape index (κ2) is 5.79. The topological polar surface area (TPSA) is 92.9 Å². The van der Waals surface area contributed by atoms with E-state index in [9.17, 15) is 4.79 Å². The second-order valence-corrected chi connectivity index (χ2v) is 5.10. The smallest absolute Gasteiger partial charge is 0.244 e. The van der Waals surface area contributed by atoms with Gasteiger partial charge >= 0.3 is 0 Å². The van der Waals surface area contributed by atoms with Crippen LogP contribution in [0.15, 0.2) is 30.3 Å². The Balaban J connectivity index is 2.02. The lowest BCUT2D eigenvalue weighted by molar-refractivity contribution is -0.124. The van der Waals surface area contributed by atoms with Crippen molar-refractivity contribution in [2.45, 2.75) is 25.9 Å². The van der Waals surface area contributed by atoms with Crippen LogP contribution in [-0.2, 0) is 11.3 Å². The Bertz CT molecular complexity index is 579. The molecule has 20 heavy (non-hydrogen) atoms. The highest BCUT2D eigenvalue weighted by Gasteiger charge is 2.19. The minimum Gasteiger partial charge on any atom is -0.394 e. The van der Waals surface area contributed by atoms with Crippen molar-refractivity contribution < 1.29 is 9.90 Å². The molecule has 0 aliphatic rings. The van der Waals surface area contributed by atoms with E-state index in [1.54, 1.807) is 13.8 Å². The van der Waals surface area contributed by atoms with Gasteiger partial charge < -0.3 is 10.4 Å². The number of tetrazole rings is 1. The minimum atomic E-state index is -0.667. The Morgan fingerprint density at radius 1 is 1.35 bits per heavy atom. The normalized spacial score (nSPS) is 11.3. The monoisotopic (exact) mass is 275 g/mol. The fourth-order valence-corrected chi connectivity index (χ4v) is 1.60. The summed E-state index contributed by atoms with van der Waals surface area (Å²) in [5.41, 5.74) is 0.176. The van der Waals surface area contributed by atoms with Gasteiger partial charge in [-0.2, -0.15) is 4.80 Å². The molecule has 1 amide bonds. The van der Waals surface area contributed by atoms with E-state index >= 15 is 0 Å². The van der Waals surface area contributed by atoms with E-state index in [0.29, 0.717) is 5.82 Å². The van der Waals surface area contributed by atoms with Crippen LogP contribution in [0.5, 0.6) is 0 Å². The van der Waals surface area contributed by atoms with Crippen LogP contribution >= 0.6 is 0 Å². The highest BCUT2D eigenvalue weighted by Crippen LogP contribution is 2.11. The van der Waals surface area contributed by atoms with Crippen LogP contribution in [0.2, 0.25) is 0 Å². The summed E-state index contributed by atoms with van der Waals surface area (Å²) >= 11 is 0. The maximum atomic E-state index is 11.8. The van der Waals surface area contributed by atoms with Gasteiger partial charge in [-0.15, -0.1) is 10.2 Å². The average Bonchev–Trinajstić information content (AvgIpc) is 2.87. The largest absolute Gasteiger partial charge is 0.394 e. The van der Waals surface area contributed by atoms with E-state index in [1.165, 1.54) is 4.80 Å². The predicted molar refractivity (Wildman–Crippen MR) is 72.6 cm³/mol. The molecule has 0 atom stereocenters. The van der Waals surface area contributed by atoms with E-state index in [-0.39, 0.29) is 19.1 Å². The molecule has 7 nitrogen and oxygen atoms in total. The summed E-state index contributed by atoms with van der Waals surface area (Å²) in [7, 11) is 0. The first kappa shape index (κ1) is 14.1.